The fourth-order valence-corrected chi connectivity index (χ4v) is 1.29. The summed E-state index contributed by atoms with van der Waals surface area (Å²) in [7, 11) is 3.27. The van der Waals surface area contributed by atoms with E-state index in [1.807, 2.05) is 0 Å². The monoisotopic (exact) mass is 212 g/mol. The zero-order valence-electron chi connectivity index (χ0n) is 9.20. The summed E-state index contributed by atoms with van der Waals surface area (Å²) in [6.07, 6.45) is 0. The molecule has 3 N–H and O–H groups in total. The number of anilines is 1. The molecule has 15 heavy (non-hydrogen) atoms. The molecule has 1 heterocycles. The summed E-state index contributed by atoms with van der Waals surface area (Å²) in [5.74, 6) is -0.229. The van der Waals surface area contributed by atoms with Gasteiger partial charge in [0.15, 0.2) is 0 Å². The van der Waals surface area contributed by atoms with Crippen molar-refractivity contribution in [3.05, 3.63) is 11.4 Å². The van der Waals surface area contributed by atoms with Gasteiger partial charge < -0.3 is 15.8 Å². The minimum Gasteiger partial charge on any atom is -0.395 e. The average Bonchev–Trinajstić information content (AvgIpc) is 2.41. The van der Waals surface area contributed by atoms with Gasteiger partial charge in [0.2, 0.25) is 0 Å². The van der Waals surface area contributed by atoms with Gasteiger partial charge in [0.25, 0.3) is 5.91 Å². The molecule has 6 nitrogen and oxygen atoms in total. The number of hydrogen-bond donors (Lipinski definition) is 2. The second-order valence-electron chi connectivity index (χ2n) is 3.22. The molecule has 0 unspecified atom stereocenters. The molecule has 0 fully saturated rings. The lowest BCUT2D eigenvalue weighted by atomic mass is 10.3. The van der Waals surface area contributed by atoms with E-state index in [2.05, 4.69) is 10.4 Å². The number of nitrogens with two attached hydrogens (primary N) is 1. The maximum atomic E-state index is 11.7. The molecule has 0 aromatic carbocycles. The van der Waals surface area contributed by atoms with Crippen molar-refractivity contribution in [3.63, 3.8) is 0 Å². The lowest BCUT2D eigenvalue weighted by Crippen LogP contribution is -2.29. The van der Waals surface area contributed by atoms with Crippen molar-refractivity contribution in [3.8, 4) is 0 Å². The fourth-order valence-electron chi connectivity index (χ4n) is 1.29. The van der Waals surface area contributed by atoms with Crippen LogP contribution in [-0.2, 0) is 11.8 Å². The molecule has 0 spiro atoms. The van der Waals surface area contributed by atoms with E-state index in [4.69, 9.17) is 10.5 Å². The van der Waals surface area contributed by atoms with E-state index in [9.17, 15) is 4.79 Å². The summed E-state index contributed by atoms with van der Waals surface area (Å²) in [5, 5.41) is 6.75. The van der Waals surface area contributed by atoms with Crippen LogP contribution < -0.4 is 11.1 Å². The Balaban J connectivity index is 2.73. The Bertz CT molecular complexity index is 359. The number of ether oxygens (including phenoxy) is 1. The van der Waals surface area contributed by atoms with Crippen molar-refractivity contribution < 1.29 is 9.53 Å². The average molecular weight is 212 g/mol. The molecule has 0 saturated heterocycles. The number of hydrogen-bond acceptors (Lipinski definition) is 4. The number of carbonyl (C=O) groups is 1. The summed E-state index contributed by atoms with van der Waals surface area (Å²) in [6.45, 7) is 2.70. The molecular formula is C9H16N4O2. The predicted molar refractivity (Wildman–Crippen MR) is 56.6 cm³/mol. The van der Waals surface area contributed by atoms with E-state index in [0.29, 0.717) is 30.2 Å². The molecule has 1 rings (SSSR count). The number of nitrogens with one attached hydrogen (secondary N) is 1. The van der Waals surface area contributed by atoms with Gasteiger partial charge >= 0.3 is 0 Å². The van der Waals surface area contributed by atoms with Crippen LogP contribution >= 0.6 is 0 Å². The third kappa shape index (κ3) is 2.47. The number of nitrogens with zero attached hydrogens (tertiary/aromatic N) is 2. The third-order valence-corrected chi connectivity index (χ3v) is 2.08. The zero-order valence-corrected chi connectivity index (χ0v) is 9.20. The van der Waals surface area contributed by atoms with Crippen molar-refractivity contribution in [1.82, 2.24) is 15.1 Å². The second kappa shape index (κ2) is 4.79. The van der Waals surface area contributed by atoms with Gasteiger partial charge in [-0.25, -0.2) is 0 Å². The van der Waals surface area contributed by atoms with Crippen LogP contribution in [0.15, 0.2) is 0 Å². The van der Waals surface area contributed by atoms with Crippen molar-refractivity contribution >= 4 is 11.6 Å². The van der Waals surface area contributed by atoms with Crippen LogP contribution in [0.3, 0.4) is 0 Å². The van der Waals surface area contributed by atoms with Gasteiger partial charge in [-0.2, -0.15) is 5.10 Å². The first-order chi connectivity index (χ1) is 7.07. The van der Waals surface area contributed by atoms with Crippen molar-refractivity contribution in [1.29, 1.82) is 0 Å². The van der Waals surface area contributed by atoms with Gasteiger partial charge in [-0.1, -0.05) is 0 Å². The Morgan fingerprint density at radius 1 is 1.67 bits per heavy atom. The van der Waals surface area contributed by atoms with E-state index >= 15 is 0 Å². The van der Waals surface area contributed by atoms with E-state index in [1.54, 1.807) is 21.1 Å². The number of methoxy groups -OCH3 is 1. The predicted octanol–water partition coefficient (Wildman–Crippen LogP) is -0.313. The van der Waals surface area contributed by atoms with Crippen LogP contribution in [0.25, 0.3) is 0 Å². The topological polar surface area (TPSA) is 82.2 Å². The number of amides is 1. The number of aryl methyl sites for hydroxylation is 2. The Hall–Kier alpha value is -1.56. The molecule has 0 atom stereocenters. The molecule has 1 amide bonds. The minimum atomic E-state index is -0.229. The minimum absolute atomic E-state index is 0.229. The van der Waals surface area contributed by atoms with Crippen LogP contribution in [0.5, 0.6) is 0 Å². The standard InChI is InChI=1S/C9H16N4O2/c1-6-7(10)8(13(2)12-6)9(14)11-4-5-15-3/h4-5,10H2,1-3H3,(H,11,14). The first-order valence-corrected chi connectivity index (χ1v) is 4.64. The summed E-state index contributed by atoms with van der Waals surface area (Å²) in [6, 6.07) is 0. The van der Waals surface area contributed by atoms with Gasteiger partial charge in [-0.15, -0.1) is 0 Å². The van der Waals surface area contributed by atoms with Crippen molar-refractivity contribution in [2.45, 2.75) is 6.92 Å². The fraction of sp³-hybridized carbons (Fsp3) is 0.556. The largest absolute Gasteiger partial charge is 0.395 e. The molecule has 84 valence electrons. The normalized spacial score (nSPS) is 10.3. The highest BCUT2D eigenvalue weighted by atomic mass is 16.5. The summed E-state index contributed by atoms with van der Waals surface area (Å²) < 4.78 is 6.30. The highest BCUT2D eigenvalue weighted by Gasteiger charge is 2.16. The first-order valence-electron chi connectivity index (χ1n) is 4.64. The Morgan fingerprint density at radius 2 is 2.33 bits per heavy atom. The first kappa shape index (κ1) is 11.5. The molecule has 0 saturated carbocycles. The summed E-state index contributed by atoms with van der Waals surface area (Å²) >= 11 is 0. The van der Waals surface area contributed by atoms with Gasteiger partial charge in [0.1, 0.15) is 5.69 Å². The Kier molecular flexibility index (Phi) is 3.68. The summed E-state index contributed by atoms with van der Waals surface area (Å²) in [4.78, 5) is 11.7. The molecule has 1 aromatic heterocycles. The van der Waals surface area contributed by atoms with Crippen LogP contribution in [0, 0.1) is 6.92 Å². The number of aromatic nitrogens is 2. The Morgan fingerprint density at radius 3 is 2.80 bits per heavy atom. The highest BCUT2D eigenvalue weighted by molar-refractivity contribution is 5.97. The van der Waals surface area contributed by atoms with Crippen LogP contribution in [0.4, 0.5) is 5.69 Å². The van der Waals surface area contributed by atoms with E-state index in [-0.39, 0.29) is 5.91 Å². The van der Waals surface area contributed by atoms with E-state index in [1.165, 1.54) is 4.68 Å². The van der Waals surface area contributed by atoms with Gasteiger partial charge in [0.05, 0.1) is 18.0 Å². The van der Waals surface area contributed by atoms with Crippen LogP contribution in [0.2, 0.25) is 0 Å². The molecule has 0 aliphatic carbocycles. The third-order valence-electron chi connectivity index (χ3n) is 2.08. The van der Waals surface area contributed by atoms with Crippen molar-refractivity contribution in [2.24, 2.45) is 7.05 Å². The summed E-state index contributed by atoms with van der Waals surface area (Å²) in [5.41, 5.74) is 7.21. The van der Waals surface area contributed by atoms with E-state index < -0.39 is 0 Å². The zero-order chi connectivity index (χ0) is 11.4. The Labute approximate surface area is 88.4 Å². The highest BCUT2D eigenvalue weighted by Crippen LogP contribution is 2.14. The van der Waals surface area contributed by atoms with Gasteiger partial charge in [-0.05, 0) is 6.92 Å². The van der Waals surface area contributed by atoms with Crippen molar-refractivity contribution in [2.75, 3.05) is 26.0 Å². The SMILES string of the molecule is COCCNC(=O)c1c(N)c(C)nn1C. The van der Waals surface area contributed by atoms with Crippen LogP contribution in [0.1, 0.15) is 16.2 Å². The molecule has 0 aliphatic rings. The molecule has 0 radical (unpaired) electrons. The van der Waals surface area contributed by atoms with E-state index in [0.717, 1.165) is 0 Å². The van der Waals surface area contributed by atoms with Gasteiger partial charge in [0, 0.05) is 20.7 Å². The molecule has 0 aliphatic heterocycles. The number of rotatable bonds is 4. The molecular weight excluding hydrogens is 196 g/mol. The lowest BCUT2D eigenvalue weighted by molar-refractivity contribution is 0.0928. The lowest BCUT2D eigenvalue weighted by Gasteiger charge is -2.05. The molecule has 1 aromatic rings. The molecule has 0 bridgehead atoms. The second-order valence-corrected chi connectivity index (χ2v) is 3.22. The number of carbonyl (C=O) groups excluding carboxylic acids is 1. The number of nitrogen functional groups attached to an aromatic ring is 1. The smallest absolute Gasteiger partial charge is 0.271 e. The quantitative estimate of drug-likeness (QED) is 0.670. The van der Waals surface area contributed by atoms with Gasteiger partial charge in [-0.3, -0.25) is 9.48 Å². The van der Waals surface area contributed by atoms with Crippen LogP contribution in [-0.4, -0.2) is 35.9 Å². The molecule has 6 heteroatoms. The maximum absolute atomic E-state index is 11.7. The maximum Gasteiger partial charge on any atom is 0.271 e.